The summed E-state index contributed by atoms with van der Waals surface area (Å²) >= 11 is 0. The van der Waals surface area contributed by atoms with Crippen LogP contribution in [0.4, 0.5) is 0 Å². The van der Waals surface area contributed by atoms with Gasteiger partial charge in [-0.1, -0.05) is 42.5 Å². The standard InChI is InChI=1S/C26H27NO5/c1-16-23(26(30)32-13-12-31-2)24(18-8-10-20(28)11-9-18)25-21(27-16)14-19(15-22(25)29)17-6-4-3-5-7-17/h3-11,19,23-24,28H,12-15H2,1-2H3/t19-,23?,24+/m0/s1. The van der Waals surface area contributed by atoms with Crippen LogP contribution in [-0.4, -0.2) is 42.9 Å². The van der Waals surface area contributed by atoms with Gasteiger partial charge < -0.3 is 14.6 Å². The fraction of sp³-hybridized carbons (Fsp3) is 0.346. The quantitative estimate of drug-likeness (QED) is 0.546. The van der Waals surface area contributed by atoms with Gasteiger partial charge in [-0.2, -0.15) is 0 Å². The lowest BCUT2D eigenvalue weighted by Gasteiger charge is -2.36. The summed E-state index contributed by atoms with van der Waals surface area (Å²) in [6.45, 7) is 2.25. The predicted molar refractivity (Wildman–Crippen MR) is 121 cm³/mol. The van der Waals surface area contributed by atoms with Gasteiger partial charge in [0.1, 0.15) is 18.3 Å². The van der Waals surface area contributed by atoms with Crippen molar-refractivity contribution in [3.8, 4) is 5.75 Å². The number of hydrogen-bond acceptors (Lipinski definition) is 6. The summed E-state index contributed by atoms with van der Waals surface area (Å²) in [5.74, 6) is -1.43. The Labute approximate surface area is 187 Å². The van der Waals surface area contributed by atoms with Gasteiger partial charge in [-0.25, -0.2) is 0 Å². The van der Waals surface area contributed by atoms with Crippen LogP contribution in [-0.2, 0) is 19.1 Å². The molecule has 1 unspecified atom stereocenters. The number of methoxy groups -OCH3 is 1. The molecule has 1 N–H and O–H groups in total. The van der Waals surface area contributed by atoms with Gasteiger partial charge in [0.25, 0.3) is 0 Å². The number of ether oxygens (including phenoxy) is 2. The average molecular weight is 434 g/mol. The molecule has 0 fully saturated rings. The van der Waals surface area contributed by atoms with Crippen molar-refractivity contribution in [2.24, 2.45) is 10.9 Å². The first kappa shape index (κ1) is 22.0. The summed E-state index contributed by atoms with van der Waals surface area (Å²) < 4.78 is 10.4. The number of rotatable bonds is 6. The van der Waals surface area contributed by atoms with Crippen molar-refractivity contribution in [3.63, 3.8) is 0 Å². The molecule has 2 aliphatic rings. The van der Waals surface area contributed by atoms with Crippen molar-refractivity contribution in [1.82, 2.24) is 0 Å². The summed E-state index contributed by atoms with van der Waals surface area (Å²) in [6, 6.07) is 16.7. The Bertz CT molecular complexity index is 1060. The fourth-order valence-corrected chi connectivity index (χ4v) is 4.68. The monoisotopic (exact) mass is 433 g/mol. The van der Waals surface area contributed by atoms with Gasteiger partial charge in [0.2, 0.25) is 0 Å². The number of benzene rings is 2. The van der Waals surface area contributed by atoms with Crippen LogP contribution < -0.4 is 0 Å². The minimum atomic E-state index is -0.702. The number of carbonyl (C=O) groups excluding carboxylic acids is 2. The number of hydrogen-bond donors (Lipinski definition) is 1. The summed E-state index contributed by atoms with van der Waals surface area (Å²) in [6.07, 6.45) is 1.01. The first-order valence-electron chi connectivity index (χ1n) is 10.8. The lowest BCUT2D eigenvalue weighted by atomic mass is 9.69. The molecule has 1 aliphatic carbocycles. The molecular weight excluding hydrogens is 406 g/mol. The molecule has 166 valence electrons. The molecule has 32 heavy (non-hydrogen) atoms. The third-order valence-electron chi connectivity index (χ3n) is 6.20. The molecule has 6 heteroatoms. The Balaban J connectivity index is 1.74. The van der Waals surface area contributed by atoms with E-state index in [0.29, 0.717) is 30.7 Å². The molecular formula is C26H27NO5. The molecule has 0 aromatic heterocycles. The predicted octanol–water partition coefficient (Wildman–Crippen LogP) is 4.16. The van der Waals surface area contributed by atoms with Crippen LogP contribution in [0.25, 0.3) is 0 Å². The van der Waals surface area contributed by atoms with E-state index in [1.165, 1.54) is 0 Å². The van der Waals surface area contributed by atoms with Gasteiger partial charge in [-0.05, 0) is 42.5 Å². The zero-order valence-corrected chi connectivity index (χ0v) is 18.3. The Morgan fingerprint density at radius 3 is 2.44 bits per heavy atom. The number of ketones is 1. The van der Waals surface area contributed by atoms with Gasteiger partial charge in [0, 0.05) is 36.4 Å². The van der Waals surface area contributed by atoms with E-state index in [1.54, 1.807) is 31.4 Å². The highest BCUT2D eigenvalue weighted by Gasteiger charge is 2.44. The van der Waals surface area contributed by atoms with Crippen molar-refractivity contribution in [1.29, 1.82) is 0 Å². The number of phenols is 1. The summed E-state index contributed by atoms with van der Waals surface area (Å²) in [5, 5.41) is 9.76. The second-order valence-corrected chi connectivity index (χ2v) is 8.26. The van der Waals surface area contributed by atoms with E-state index in [9.17, 15) is 14.7 Å². The summed E-state index contributed by atoms with van der Waals surface area (Å²) in [5.41, 5.74) is 3.85. The number of Topliss-reactive ketones (excluding diaryl/α,β-unsaturated/α-hetero) is 1. The molecule has 2 aromatic rings. The van der Waals surface area contributed by atoms with E-state index in [-0.39, 0.29) is 24.1 Å². The second-order valence-electron chi connectivity index (χ2n) is 8.26. The van der Waals surface area contributed by atoms with Crippen LogP contribution in [0.3, 0.4) is 0 Å². The Morgan fingerprint density at radius 1 is 1.03 bits per heavy atom. The van der Waals surface area contributed by atoms with E-state index in [2.05, 4.69) is 0 Å². The maximum atomic E-state index is 13.4. The number of phenolic OH excluding ortho intramolecular Hbond substituents is 1. The van der Waals surface area contributed by atoms with Gasteiger partial charge in [0.15, 0.2) is 5.78 Å². The van der Waals surface area contributed by atoms with Gasteiger partial charge in [-0.3, -0.25) is 14.6 Å². The van der Waals surface area contributed by atoms with Crippen LogP contribution in [0, 0.1) is 5.92 Å². The number of allylic oxidation sites excluding steroid dienone is 2. The van der Waals surface area contributed by atoms with Crippen molar-refractivity contribution >= 4 is 17.5 Å². The molecule has 0 saturated carbocycles. The number of esters is 1. The Morgan fingerprint density at radius 2 is 1.75 bits per heavy atom. The number of carbonyl (C=O) groups is 2. The molecule has 1 heterocycles. The van der Waals surface area contributed by atoms with Crippen molar-refractivity contribution in [3.05, 3.63) is 77.0 Å². The van der Waals surface area contributed by atoms with E-state index in [0.717, 1.165) is 16.8 Å². The largest absolute Gasteiger partial charge is 0.508 e. The molecule has 3 atom stereocenters. The highest BCUT2D eigenvalue weighted by atomic mass is 16.6. The molecule has 0 amide bonds. The summed E-state index contributed by atoms with van der Waals surface area (Å²) in [7, 11) is 1.54. The minimum Gasteiger partial charge on any atom is -0.508 e. The number of aliphatic imine (C=N–C) groups is 1. The third kappa shape index (κ3) is 4.36. The zero-order chi connectivity index (χ0) is 22.7. The Kier molecular flexibility index (Phi) is 6.51. The number of aromatic hydroxyl groups is 1. The van der Waals surface area contributed by atoms with E-state index in [1.807, 2.05) is 37.3 Å². The molecule has 2 aromatic carbocycles. The van der Waals surface area contributed by atoms with Crippen molar-refractivity contribution < 1.29 is 24.2 Å². The van der Waals surface area contributed by atoms with Gasteiger partial charge in [0.05, 0.1) is 6.61 Å². The van der Waals surface area contributed by atoms with E-state index in [4.69, 9.17) is 14.5 Å². The first-order chi connectivity index (χ1) is 15.5. The van der Waals surface area contributed by atoms with Crippen LogP contribution in [0.15, 0.2) is 70.9 Å². The molecule has 1 aliphatic heterocycles. The molecule has 6 nitrogen and oxygen atoms in total. The van der Waals surface area contributed by atoms with Crippen LogP contribution in [0.1, 0.15) is 42.7 Å². The second kappa shape index (κ2) is 9.49. The zero-order valence-electron chi connectivity index (χ0n) is 18.3. The minimum absolute atomic E-state index is 0.00381. The van der Waals surface area contributed by atoms with Crippen molar-refractivity contribution in [2.45, 2.75) is 31.6 Å². The topological polar surface area (TPSA) is 85.2 Å². The van der Waals surface area contributed by atoms with Crippen LogP contribution >= 0.6 is 0 Å². The summed E-state index contributed by atoms with van der Waals surface area (Å²) in [4.78, 5) is 31.3. The smallest absolute Gasteiger partial charge is 0.315 e. The fourth-order valence-electron chi connectivity index (χ4n) is 4.68. The molecule has 0 saturated heterocycles. The first-order valence-corrected chi connectivity index (χ1v) is 10.8. The van der Waals surface area contributed by atoms with Crippen molar-refractivity contribution in [2.75, 3.05) is 20.3 Å². The highest BCUT2D eigenvalue weighted by molar-refractivity contribution is 6.09. The molecule has 4 rings (SSSR count). The molecule has 0 radical (unpaired) electrons. The maximum absolute atomic E-state index is 13.4. The normalized spacial score (nSPS) is 22.9. The SMILES string of the molecule is COCCOC(=O)C1C(C)=NC2=C(C(=O)C[C@@H](c3ccccc3)C2)[C@@H]1c1ccc(O)cc1. The lowest BCUT2D eigenvalue weighted by molar-refractivity contribution is -0.147. The Hall–Kier alpha value is -3.25. The average Bonchev–Trinajstić information content (AvgIpc) is 2.79. The molecule has 0 spiro atoms. The maximum Gasteiger partial charge on any atom is 0.315 e. The van der Waals surface area contributed by atoms with Gasteiger partial charge in [-0.15, -0.1) is 0 Å². The van der Waals surface area contributed by atoms with Crippen LogP contribution in [0.5, 0.6) is 5.75 Å². The third-order valence-corrected chi connectivity index (χ3v) is 6.20. The molecule has 0 bridgehead atoms. The van der Waals surface area contributed by atoms with E-state index >= 15 is 0 Å². The number of nitrogens with zero attached hydrogens (tertiary/aromatic N) is 1. The van der Waals surface area contributed by atoms with Gasteiger partial charge >= 0.3 is 5.97 Å². The van der Waals surface area contributed by atoms with E-state index < -0.39 is 17.8 Å². The lowest BCUT2D eigenvalue weighted by Crippen LogP contribution is -2.38. The highest BCUT2D eigenvalue weighted by Crippen LogP contribution is 2.46. The van der Waals surface area contributed by atoms with Crippen LogP contribution in [0.2, 0.25) is 0 Å².